The van der Waals surface area contributed by atoms with E-state index in [-0.39, 0.29) is 11.1 Å². The Morgan fingerprint density at radius 2 is 2.12 bits per heavy atom. The predicted molar refractivity (Wildman–Crippen MR) is 64.7 cm³/mol. The highest BCUT2D eigenvalue weighted by Crippen LogP contribution is 2.18. The van der Waals surface area contributed by atoms with Crippen LogP contribution in [-0.2, 0) is 6.54 Å². The fourth-order valence-electron chi connectivity index (χ4n) is 1.24. The second-order valence-electron chi connectivity index (χ2n) is 3.14. The van der Waals surface area contributed by atoms with Crippen molar-refractivity contribution in [3.8, 4) is 0 Å². The van der Waals surface area contributed by atoms with E-state index in [1.807, 2.05) is 30.3 Å². The van der Waals surface area contributed by atoms with Crippen molar-refractivity contribution in [2.75, 3.05) is 0 Å². The molecule has 0 saturated carbocycles. The van der Waals surface area contributed by atoms with E-state index < -0.39 is 0 Å². The number of nitrogens with zero attached hydrogens (tertiary/aromatic N) is 1. The van der Waals surface area contributed by atoms with Gasteiger partial charge in [-0.05, 0) is 5.56 Å². The van der Waals surface area contributed by atoms with Gasteiger partial charge < -0.3 is 5.32 Å². The minimum absolute atomic E-state index is 0.184. The number of benzene rings is 1. The van der Waals surface area contributed by atoms with Gasteiger partial charge in [0, 0.05) is 6.54 Å². The third kappa shape index (κ3) is 2.59. The first kappa shape index (κ1) is 11.1. The van der Waals surface area contributed by atoms with Gasteiger partial charge in [0.25, 0.3) is 5.91 Å². The van der Waals surface area contributed by atoms with Gasteiger partial charge in [0.05, 0.1) is 5.51 Å². The molecule has 5 heteroatoms. The molecule has 2 rings (SSSR count). The smallest absolute Gasteiger partial charge is 0.264 e. The molecule has 0 fully saturated rings. The lowest BCUT2D eigenvalue weighted by Gasteiger charge is -2.03. The molecule has 16 heavy (non-hydrogen) atoms. The molecule has 0 unspecified atom stereocenters. The van der Waals surface area contributed by atoms with Crippen LogP contribution >= 0.6 is 22.9 Å². The third-order valence-corrected chi connectivity index (χ3v) is 3.25. The molecule has 0 saturated heterocycles. The molecule has 0 aliphatic carbocycles. The molecular formula is C11H9ClN2OS. The molecule has 0 aliphatic heterocycles. The summed E-state index contributed by atoms with van der Waals surface area (Å²) < 4.78 is 0. The minimum atomic E-state index is -0.184. The standard InChI is InChI=1S/C11H9ClN2OS/c12-10-9(16-7-14-10)11(15)13-6-8-4-2-1-3-5-8/h1-5,7H,6H2,(H,13,15). The Hall–Kier alpha value is -1.39. The van der Waals surface area contributed by atoms with Crippen LogP contribution in [0.15, 0.2) is 35.8 Å². The van der Waals surface area contributed by atoms with Crippen LogP contribution in [0, 0.1) is 0 Å². The van der Waals surface area contributed by atoms with Gasteiger partial charge in [-0.3, -0.25) is 4.79 Å². The van der Waals surface area contributed by atoms with Gasteiger partial charge >= 0.3 is 0 Å². The Morgan fingerprint density at radius 1 is 1.38 bits per heavy atom. The molecule has 1 aromatic heterocycles. The molecule has 0 atom stereocenters. The summed E-state index contributed by atoms with van der Waals surface area (Å²) in [7, 11) is 0. The molecule has 0 aliphatic rings. The zero-order chi connectivity index (χ0) is 11.4. The van der Waals surface area contributed by atoms with Crippen molar-refractivity contribution in [3.63, 3.8) is 0 Å². The molecule has 0 radical (unpaired) electrons. The number of amides is 1. The van der Waals surface area contributed by atoms with Crippen LogP contribution in [0.5, 0.6) is 0 Å². The van der Waals surface area contributed by atoms with Gasteiger partial charge in [0.2, 0.25) is 0 Å². The molecule has 82 valence electrons. The molecule has 0 spiro atoms. The molecule has 0 bridgehead atoms. The van der Waals surface area contributed by atoms with Crippen molar-refractivity contribution in [2.45, 2.75) is 6.54 Å². The maximum atomic E-state index is 11.7. The van der Waals surface area contributed by atoms with Crippen molar-refractivity contribution in [2.24, 2.45) is 0 Å². The summed E-state index contributed by atoms with van der Waals surface area (Å²) in [5.41, 5.74) is 2.61. The number of rotatable bonds is 3. The summed E-state index contributed by atoms with van der Waals surface area (Å²) in [5.74, 6) is -0.184. The Kier molecular flexibility index (Phi) is 3.54. The average molecular weight is 253 g/mol. The molecule has 1 aromatic carbocycles. The zero-order valence-corrected chi connectivity index (χ0v) is 9.89. The number of nitrogens with one attached hydrogen (secondary N) is 1. The van der Waals surface area contributed by atoms with Crippen LogP contribution in [0.25, 0.3) is 0 Å². The van der Waals surface area contributed by atoms with Crippen molar-refractivity contribution in [3.05, 3.63) is 51.4 Å². The van der Waals surface area contributed by atoms with E-state index in [9.17, 15) is 4.79 Å². The summed E-state index contributed by atoms with van der Waals surface area (Å²) in [6.45, 7) is 0.494. The first-order chi connectivity index (χ1) is 7.77. The number of aromatic nitrogens is 1. The van der Waals surface area contributed by atoms with Crippen LogP contribution < -0.4 is 5.32 Å². The normalized spacial score (nSPS) is 10.1. The minimum Gasteiger partial charge on any atom is -0.347 e. The van der Waals surface area contributed by atoms with E-state index in [0.29, 0.717) is 11.4 Å². The first-order valence-corrected chi connectivity index (χ1v) is 5.94. The van der Waals surface area contributed by atoms with Gasteiger partial charge in [0.1, 0.15) is 4.88 Å². The van der Waals surface area contributed by atoms with Crippen LogP contribution in [0.3, 0.4) is 0 Å². The lowest BCUT2D eigenvalue weighted by atomic mass is 10.2. The van der Waals surface area contributed by atoms with Crippen LogP contribution in [0.4, 0.5) is 0 Å². The zero-order valence-electron chi connectivity index (χ0n) is 8.31. The number of thiazole rings is 1. The molecular weight excluding hydrogens is 244 g/mol. The predicted octanol–water partition coefficient (Wildman–Crippen LogP) is 2.73. The average Bonchev–Trinajstić information content (AvgIpc) is 2.74. The molecule has 1 heterocycles. The Balaban J connectivity index is 1.97. The molecule has 1 amide bonds. The maximum absolute atomic E-state index is 11.7. The van der Waals surface area contributed by atoms with Gasteiger partial charge in [-0.1, -0.05) is 41.9 Å². The summed E-state index contributed by atoms with van der Waals surface area (Å²) in [6.07, 6.45) is 0. The Bertz CT molecular complexity index is 484. The second-order valence-corrected chi connectivity index (χ2v) is 4.35. The lowest BCUT2D eigenvalue weighted by Crippen LogP contribution is -2.22. The first-order valence-electron chi connectivity index (χ1n) is 4.68. The summed E-state index contributed by atoms with van der Waals surface area (Å²) in [6, 6.07) is 9.71. The topological polar surface area (TPSA) is 42.0 Å². The van der Waals surface area contributed by atoms with Gasteiger partial charge in [-0.2, -0.15) is 0 Å². The largest absolute Gasteiger partial charge is 0.347 e. The van der Waals surface area contributed by atoms with E-state index in [4.69, 9.17) is 11.6 Å². The molecule has 3 nitrogen and oxygen atoms in total. The second kappa shape index (κ2) is 5.09. The van der Waals surface area contributed by atoms with Crippen LogP contribution in [0.2, 0.25) is 5.15 Å². The number of hydrogen-bond donors (Lipinski definition) is 1. The summed E-state index contributed by atoms with van der Waals surface area (Å²) in [4.78, 5) is 15.9. The maximum Gasteiger partial charge on any atom is 0.264 e. The van der Waals surface area contributed by atoms with Gasteiger partial charge in [0.15, 0.2) is 5.15 Å². The molecule has 1 N–H and O–H groups in total. The van der Waals surface area contributed by atoms with Gasteiger partial charge in [-0.15, -0.1) is 11.3 Å². The number of carbonyl (C=O) groups excluding carboxylic acids is 1. The van der Waals surface area contributed by atoms with Crippen molar-refractivity contribution < 1.29 is 4.79 Å². The summed E-state index contributed by atoms with van der Waals surface area (Å²) in [5, 5.41) is 3.05. The fraction of sp³-hybridized carbons (Fsp3) is 0.0909. The van der Waals surface area contributed by atoms with Crippen molar-refractivity contribution in [1.82, 2.24) is 10.3 Å². The van der Waals surface area contributed by atoms with E-state index in [2.05, 4.69) is 10.3 Å². The van der Waals surface area contributed by atoms with E-state index >= 15 is 0 Å². The van der Waals surface area contributed by atoms with Crippen molar-refractivity contribution >= 4 is 28.8 Å². The van der Waals surface area contributed by atoms with E-state index in [0.717, 1.165) is 5.56 Å². The Morgan fingerprint density at radius 3 is 2.75 bits per heavy atom. The monoisotopic (exact) mass is 252 g/mol. The highest BCUT2D eigenvalue weighted by atomic mass is 35.5. The highest BCUT2D eigenvalue weighted by molar-refractivity contribution is 7.12. The SMILES string of the molecule is O=C(NCc1ccccc1)c1scnc1Cl. The number of carbonyl (C=O) groups is 1. The van der Waals surface area contributed by atoms with Crippen molar-refractivity contribution in [1.29, 1.82) is 0 Å². The third-order valence-electron chi connectivity index (χ3n) is 2.03. The quantitative estimate of drug-likeness (QED) is 0.913. The number of halogens is 1. The van der Waals surface area contributed by atoms with Gasteiger partial charge in [-0.25, -0.2) is 4.98 Å². The van der Waals surface area contributed by atoms with Crippen LogP contribution in [0.1, 0.15) is 15.2 Å². The van der Waals surface area contributed by atoms with E-state index in [1.54, 1.807) is 5.51 Å². The lowest BCUT2D eigenvalue weighted by molar-refractivity contribution is 0.0955. The number of hydrogen-bond acceptors (Lipinski definition) is 3. The summed E-state index contributed by atoms with van der Waals surface area (Å²) >= 11 is 6.99. The Labute approximate surface area is 102 Å². The fourth-order valence-corrected chi connectivity index (χ4v) is 2.16. The van der Waals surface area contributed by atoms with E-state index in [1.165, 1.54) is 11.3 Å². The highest BCUT2D eigenvalue weighted by Gasteiger charge is 2.12. The molecule has 2 aromatic rings. The van der Waals surface area contributed by atoms with Crippen LogP contribution in [-0.4, -0.2) is 10.9 Å².